The van der Waals surface area contributed by atoms with E-state index in [0.29, 0.717) is 28.4 Å². The molecule has 1 heterocycles. The fraction of sp³-hybridized carbons (Fsp3) is 0. The molecule has 142 valence electrons. The largest absolute Gasteiger partial charge is 0.477 e. The highest BCUT2D eigenvalue weighted by molar-refractivity contribution is 5.97. The number of benzene rings is 2. The Morgan fingerprint density at radius 1 is 1.14 bits per heavy atom. The first-order valence-corrected chi connectivity index (χ1v) is 8.66. The van der Waals surface area contributed by atoms with Crippen LogP contribution in [0.4, 0.5) is 0 Å². The molecule has 29 heavy (non-hydrogen) atoms. The molecule has 5 heteroatoms. The summed E-state index contributed by atoms with van der Waals surface area (Å²) in [5.41, 5.74) is 1.70. The Morgan fingerprint density at radius 3 is 2.52 bits per heavy atom. The summed E-state index contributed by atoms with van der Waals surface area (Å²) in [5, 5.41) is 18.8. The summed E-state index contributed by atoms with van der Waals surface area (Å²) in [5.74, 6) is 0.646. The van der Waals surface area contributed by atoms with Gasteiger partial charge in [0, 0.05) is 10.9 Å². The van der Waals surface area contributed by atoms with E-state index in [9.17, 15) is 4.79 Å². The van der Waals surface area contributed by atoms with Gasteiger partial charge in [-0.15, -0.1) is 0 Å². The van der Waals surface area contributed by atoms with E-state index in [0.717, 1.165) is 10.9 Å². The van der Waals surface area contributed by atoms with Gasteiger partial charge in [-0.3, -0.25) is 0 Å². The first-order valence-electron chi connectivity index (χ1n) is 8.66. The molecule has 5 nitrogen and oxygen atoms in total. The maximum absolute atomic E-state index is 11.0. The summed E-state index contributed by atoms with van der Waals surface area (Å²) >= 11 is 0. The number of carbonyl (C=O) groups is 1. The summed E-state index contributed by atoms with van der Waals surface area (Å²) in [6, 6.07) is 16.2. The van der Waals surface area contributed by atoms with E-state index in [-0.39, 0.29) is 5.57 Å². The molecule has 0 aliphatic carbocycles. The average molecular weight is 383 g/mol. The van der Waals surface area contributed by atoms with Crippen LogP contribution in [0, 0.1) is 11.3 Å². The Bertz CT molecular complexity index is 1190. The van der Waals surface area contributed by atoms with Crippen LogP contribution in [0.3, 0.4) is 0 Å². The number of rotatable bonds is 7. The lowest BCUT2D eigenvalue weighted by Crippen LogP contribution is -1.97. The normalized spacial score (nSPS) is 11.7. The Balaban J connectivity index is 1.88. The van der Waals surface area contributed by atoms with Crippen molar-refractivity contribution in [2.45, 2.75) is 0 Å². The van der Waals surface area contributed by atoms with Crippen LogP contribution in [0.2, 0.25) is 0 Å². The molecule has 0 aliphatic rings. The second kappa shape index (κ2) is 8.59. The van der Waals surface area contributed by atoms with Crippen molar-refractivity contribution in [3.05, 3.63) is 96.8 Å². The van der Waals surface area contributed by atoms with Crippen molar-refractivity contribution in [1.82, 2.24) is 0 Å². The zero-order chi connectivity index (χ0) is 20.8. The molecule has 3 aromatic rings. The number of hydrogen-bond acceptors (Lipinski definition) is 4. The second-order valence-corrected chi connectivity index (χ2v) is 6.02. The summed E-state index contributed by atoms with van der Waals surface area (Å²) in [6.45, 7) is 7.33. The first-order chi connectivity index (χ1) is 14.0. The van der Waals surface area contributed by atoms with E-state index in [1.54, 1.807) is 36.4 Å². The molecule has 1 N–H and O–H groups in total. The van der Waals surface area contributed by atoms with Crippen molar-refractivity contribution in [2.24, 2.45) is 0 Å². The van der Waals surface area contributed by atoms with Crippen LogP contribution in [0.15, 0.2) is 95.7 Å². The SMILES string of the molecule is C=C/C=C(\C=C)Oc1ccc(-c2cc3ccc(/C=C(\C#N)C(=O)O)cc3o2)cc1. The molecule has 0 radical (unpaired) electrons. The van der Waals surface area contributed by atoms with Crippen molar-refractivity contribution in [3.63, 3.8) is 0 Å². The van der Waals surface area contributed by atoms with Gasteiger partial charge in [-0.1, -0.05) is 31.4 Å². The molecule has 0 fully saturated rings. The molecule has 0 bridgehead atoms. The number of ether oxygens (including phenoxy) is 1. The first kappa shape index (κ1) is 19.5. The van der Waals surface area contributed by atoms with Crippen molar-refractivity contribution in [1.29, 1.82) is 5.26 Å². The third-order valence-electron chi connectivity index (χ3n) is 4.06. The van der Waals surface area contributed by atoms with E-state index in [1.807, 2.05) is 36.4 Å². The highest BCUT2D eigenvalue weighted by Crippen LogP contribution is 2.30. The van der Waals surface area contributed by atoms with Crippen molar-refractivity contribution in [3.8, 4) is 23.1 Å². The lowest BCUT2D eigenvalue weighted by atomic mass is 10.1. The number of nitriles is 1. The number of furan rings is 1. The fourth-order valence-electron chi connectivity index (χ4n) is 2.67. The van der Waals surface area contributed by atoms with Crippen LogP contribution in [0.5, 0.6) is 5.75 Å². The van der Waals surface area contributed by atoms with Gasteiger partial charge < -0.3 is 14.3 Å². The molecule has 0 amide bonds. The van der Waals surface area contributed by atoms with Crippen LogP contribution in [-0.2, 0) is 4.79 Å². The van der Waals surface area contributed by atoms with Gasteiger partial charge in [-0.05, 0) is 60.2 Å². The monoisotopic (exact) mass is 383 g/mol. The smallest absolute Gasteiger partial charge is 0.346 e. The van der Waals surface area contributed by atoms with Gasteiger partial charge in [0.15, 0.2) is 0 Å². The standard InChI is InChI=1S/C24H17NO4/c1-3-5-20(4-2)28-21-10-8-17(9-11-21)23-14-18-7-6-16(13-22(18)29-23)12-19(15-25)24(26)27/h3-14H,1-2H2,(H,26,27)/b19-12+,20-5+. The highest BCUT2D eigenvalue weighted by atomic mass is 16.5. The highest BCUT2D eigenvalue weighted by Gasteiger charge is 2.09. The molecule has 0 saturated heterocycles. The van der Waals surface area contributed by atoms with Crippen LogP contribution in [0.25, 0.3) is 28.4 Å². The number of fused-ring (bicyclic) bond motifs is 1. The molecule has 2 aromatic carbocycles. The molecule has 0 spiro atoms. The molecule has 0 unspecified atom stereocenters. The van der Waals surface area contributed by atoms with Gasteiger partial charge in [0.05, 0.1) is 0 Å². The lowest BCUT2D eigenvalue weighted by molar-refractivity contribution is -0.132. The topological polar surface area (TPSA) is 83.5 Å². The van der Waals surface area contributed by atoms with Gasteiger partial charge >= 0.3 is 5.97 Å². The third kappa shape index (κ3) is 4.52. The van der Waals surface area contributed by atoms with Crippen molar-refractivity contribution in [2.75, 3.05) is 0 Å². The third-order valence-corrected chi connectivity index (χ3v) is 4.06. The minimum absolute atomic E-state index is 0.337. The van der Waals surface area contributed by atoms with Crippen LogP contribution < -0.4 is 4.74 Å². The Kier molecular flexibility index (Phi) is 5.77. The van der Waals surface area contributed by atoms with Gasteiger partial charge in [0.25, 0.3) is 0 Å². The zero-order valence-electron chi connectivity index (χ0n) is 15.5. The van der Waals surface area contributed by atoms with Gasteiger partial charge in [0.2, 0.25) is 0 Å². The minimum Gasteiger partial charge on any atom is -0.477 e. The van der Waals surface area contributed by atoms with E-state index in [1.165, 1.54) is 6.08 Å². The number of allylic oxidation sites excluding steroid dienone is 3. The predicted octanol–water partition coefficient (Wildman–Crippen LogP) is 5.73. The number of hydrogen-bond donors (Lipinski definition) is 1. The maximum Gasteiger partial charge on any atom is 0.346 e. The van der Waals surface area contributed by atoms with Crippen molar-refractivity contribution >= 4 is 23.0 Å². The van der Waals surface area contributed by atoms with Gasteiger partial charge in [-0.25, -0.2) is 4.79 Å². The zero-order valence-corrected chi connectivity index (χ0v) is 15.5. The summed E-state index contributed by atoms with van der Waals surface area (Å²) in [6.07, 6.45) is 6.25. The predicted molar refractivity (Wildman–Crippen MR) is 112 cm³/mol. The molecule has 3 rings (SSSR count). The van der Waals surface area contributed by atoms with Crippen LogP contribution >= 0.6 is 0 Å². The quantitative estimate of drug-likeness (QED) is 0.244. The maximum atomic E-state index is 11.0. The van der Waals surface area contributed by atoms with E-state index in [2.05, 4.69) is 13.2 Å². The second-order valence-electron chi connectivity index (χ2n) is 6.02. The number of aliphatic carboxylic acids is 1. The number of carboxylic acid groups (broad SMARTS) is 1. The fourth-order valence-corrected chi connectivity index (χ4v) is 2.67. The molecule has 0 atom stereocenters. The minimum atomic E-state index is -1.27. The van der Waals surface area contributed by atoms with Gasteiger partial charge in [-0.2, -0.15) is 5.26 Å². The average Bonchev–Trinajstić information content (AvgIpc) is 3.15. The summed E-state index contributed by atoms with van der Waals surface area (Å²) < 4.78 is 11.6. The summed E-state index contributed by atoms with van der Waals surface area (Å²) in [7, 11) is 0. The van der Waals surface area contributed by atoms with Crippen molar-refractivity contribution < 1.29 is 19.1 Å². The van der Waals surface area contributed by atoms with E-state index >= 15 is 0 Å². The van der Waals surface area contributed by atoms with Crippen LogP contribution in [-0.4, -0.2) is 11.1 Å². The lowest BCUT2D eigenvalue weighted by Gasteiger charge is -2.06. The molecule has 0 saturated carbocycles. The number of carboxylic acids is 1. The molecule has 1 aromatic heterocycles. The molecular weight excluding hydrogens is 366 g/mol. The van der Waals surface area contributed by atoms with Gasteiger partial charge in [0.1, 0.15) is 34.5 Å². The van der Waals surface area contributed by atoms with Crippen LogP contribution in [0.1, 0.15) is 5.56 Å². The molecule has 0 aliphatic heterocycles. The number of nitrogens with zero attached hydrogens (tertiary/aromatic N) is 1. The Labute approximate surface area is 167 Å². The summed E-state index contributed by atoms with van der Waals surface area (Å²) in [4.78, 5) is 11.0. The Hall–Kier alpha value is -4.30. The van der Waals surface area contributed by atoms with E-state index < -0.39 is 5.97 Å². The Morgan fingerprint density at radius 2 is 1.90 bits per heavy atom. The molecular formula is C24H17NO4. The van der Waals surface area contributed by atoms with E-state index in [4.69, 9.17) is 19.5 Å².